The summed E-state index contributed by atoms with van der Waals surface area (Å²) in [5, 5.41) is -0.121. The van der Waals surface area contributed by atoms with Crippen molar-refractivity contribution in [1.82, 2.24) is 14.7 Å². The third kappa shape index (κ3) is 3.77. The normalized spacial score (nSPS) is 23.0. The average Bonchev–Trinajstić information content (AvgIpc) is 3.02. The SMILES string of the molecule is COc1ccc([C@H]2SCC(=O)N2[C@H](C)C(=O)N2CCN(C)CC2)cc1. The number of hydrogen-bond donors (Lipinski definition) is 0. The van der Waals surface area contributed by atoms with Gasteiger partial charge < -0.3 is 19.4 Å². The van der Waals surface area contributed by atoms with Gasteiger partial charge in [-0.25, -0.2) is 0 Å². The fourth-order valence-electron chi connectivity index (χ4n) is 3.29. The van der Waals surface area contributed by atoms with Gasteiger partial charge in [0, 0.05) is 26.2 Å². The van der Waals surface area contributed by atoms with Crippen molar-refractivity contribution in [3.05, 3.63) is 29.8 Å². The molecule has 136 valence electrons. The Bertz CT molecular complexity index is 629. The van der Waals surface area contributed by atoms with Crippen molar-refractivity contribution in [2.75, 3.05) is 46.1 Å². The summed E-state index contributed by atoms with van der Waals surface area (Å²) in [5.41, 5.74) is 1.02. The van der Waals surface area contributed by atoms with E-state index in [0.717, 1.165) is 37.5 Å². The maximum Gasteiger partial charge on any atom is 0.245 e. The number of rotatable bonds is 4. The van der Waals surface area contributed by atoms with E-state index in [2.05, 4.69) is 11.9 Å². The number of amides is 2. The van der Waals surface area contributed by atoms with Crippen molar-refractivity contribution in [3.63, 3.8) is 0 Å². The molecule has 0 aromatic heterocycles. The number of methoxy groups -OCH3 is 1. The summed E-state index contributed by atoms with van der Waals surface area (Å²) in [6, 6.07) is 7.27. The first-order chi connectivity index (χ1) is 12.0. The van der Waals surface area contributed by atoms with E-state index in [1.807, 2.05) is 36.1 Å². The third-order valence-electron chi connectivity index (χ3n) is 4.90. The Balaban J connectivity index is 1.75. The highest BCUT2D eigenvalue weighted by Crippen LogP contribution is 2.40. The van der Waals surface area contributed by atoms with Crippen LogP contribution < -0.4 is 4.74 Å². The molecule has 25 heavy (non-hydrogen) atoms. The number of carbonyl (C=O) groups is 2. The number of benzene rings is 1. The first-order valence-electron chi connectivity index (χ1n) is 8.55. The highest BCUT2D eigenvalue weighted by atomic mass is 32.2. The monoisotopic (exact) mass is 363 g/mol. The highest BCUT2D eigenvalue weighted by Gasteiger charge is 2.40. The number of nitrogens with zero attached hydrogens (tertiary/aromatic N) is 3. The lowest BCUT2D eigenvalue weighted by Crippen LogP contribution is -2.54. The van der Waals surface area contributed by atoms with Crippen LogP contribution in [0.1, 0.15) is 17.9 Å². The van der Waals surface area contributed by atoms with Crippen LogP contribution in [-0.4, -0.2) is 78.6 Å². The van der Waals surface area contributed by atoms with Gasteiger partial charge >= 0.3 is 0 Å². The minimum Gasteiger partial charge on any atom is -0.497 e. The zero-order chi connectivity index (χ0) is 18.0. The van der Waals surface area contributed by atoms with Crippen LogP contribution in [0.25, 0.3) is 0 Å². The standard InChI is InChI=1S/C18H25N3O3S/c1-13(17(23)20-10-8-19(2)9-11-20)21-16(22)12-25-18(21)14-4-6-15(24-3)7-5-14/h4-7,13,18H,8-12H2,1-3H3/t13-,18-/m1/s1. The molecule has 6 nitrogen and oxygen atoms in total. The van der Waals surface area contributed by atoms with Gasteiger partial charge in [0.25, 0.3) is 0 Å². The van der Waals surface area contributed by atoms with Crippen LogP contribution in [0.15, 0.2) is 24.3 Å². The molecule has 0 radical (unpaired) electrons. The Labute approximate surface area is 153 Å². The first kappa shape index (κ1) is 18.1. The molecule has 2 aliphatic heterocycles. The van der Waals surface area contributed by atoms with E-state index in [1.165, 1.54) is 0 Å². The van der Waals surface area contributed by atoms with Gasteiger partial charge in [0.05, 0.1) is 12.9 Å². The summed E-state index contributed by atoms with van der Waals surface area (Å²) in [5.74, 6) is 1.27. The molecule has 2 amide bonds. The second kappa shape index (κ2) is 7.66. The van der Waals surface area contributed by atoms with E-state index in [4.69, 9.17) is 4.74 Å². The van der Waals surface area contributed by atoms with E-state index in [9.17, 15) is 9.59 Å². The summed E-state index contributed by atoms with van der Waals surface area (Å²) in [6.45, 7) is 5.05. The van der Waals surface area contributed by atoms with Crippen LogP contribution in [0.3, 0.4) is 0 Å². The Hall–Kier alpha value is -1.73. The highest BCUT2D eigenvalue weighted by molar-refractivity contribution is 8.00. The van der Waals surface area contributed by atoms with E-state index < -0.39 is 6.04 Å². The fraction of sp³-hybridized carbons (Fsp3) is 0.556. The van der Waals surface area contributed by atoms with Crippen LogP contribution in [0.4, 0.5) is 0 Å². The molecule has 0 bridgehead atoms. The molecule has 1 aromatic rings. The van der Waals surface area contributed by atoms with Crippen LogP contribution >= 0.6 is 11.8 Å². The van der Waals surface area contributed by atoms with Crippen molar-refractivity contribution in [1.29, 1.82) is 0 Å². The largest absolute Gasteiger partial charge is 0.497 e. The van der Waals surface area contributed by atoms with Gasteiger partial charge in [0.1, 0.15) is 17.2 Å². The second-order valence-electron chi connectivity index (χ2n) is 6.54. The van der Waals surface area contributed by atoms with Gasteiger partial charge in [-0.15, -0.1) is 11.8 Å². The summed E-state index contributed by atoms with van der Waals surface area (Å²) < 4.78 is 5.20. The van der Waals surface area contributed by atoms with Crippen LogP contribution in [0.2, 0.25) is 0 Å². The predicted octanol–water partition coefficient (Wildman–Crippen LogP) is 1.43. The number of likely N-dealkylation sites (N-methyl/N-ethyl adjacent to an activating group) is 1. The Morgan fingerprint density at radius 1 is 1.20 bits per heavy atom. The van der Waals surface area contributed by atoms with Gasteiger partial charge in [0.2, 0.25) is 11.8 Å². The van der Waals surface area contributed by atoms with Crippen LogP contribution in [0.5, 0.6) is 5.75 Å². The second-order valence-corrected chi connectivity index (χ2v) is 7.61. The lowest BCUT2D eigenvalue weighted by Gasteiger charge is -2.37. The lowest BCUT2D eigenvalue weighted by molar-refractivity contribution is -0.145. The Morgan fingerprint density at radius 2 is 1.84 bits per heavy atom. The summed E-state index contributed by atoms with van der Waals surface area (Å²) in [4.78, 5) is 31.2. The molecule has 0 N–H and O–H groups in total. The number of carbonyl (C=O) groups excluding carboxylic acids is 2. The number of ether oxygens (including phenoxy) is 1. The van der Waals surface area contributed by atoms with E-state index in [-0.39, 0.29) is 17.2 Å². The van der Waals surface area contributed by atoms with Crippen molar-refractivity contribution in [2.45, 2.75) is 18.3 Å². The number of hydrogen-bond acceptors (Lipinski definition) is 5. The van der Waals surface area contributed by atoms with Gasteiger partial charge in [-0.2, -0.15) is 0 Å². The smallest absolute Gasteiger partial charge is 0.245 e. The first-order valence-corrected chi connectivity index (χ1v) is 9.60. The maximum atomic E-state index is 12.9. The zero-order valence-corrected chi connectivity index (χ0v) is 15.8. The predicted molar refractivity (Wildman–Crippen MR) is 98.6 cm³/mol. The summed E-state index contributed by atoms with van der Waals surface area (Å²) in [6.07, 6.45) is 0. The molecule has 0 saturated carbocycles. The average molecular weight is 363 g/mol. The van der Waals surface area contributed by atoms with Crippen molar-refractivity contribution in [2.24, 2.45) is 0 Å². The molecule has 1 aromatic carbocycles. The minimum absolute atomic E-state index is 0.0285. The van der Waals surface area contributed by atoms with Crippen LogP contribution in [-0.2, 0) is 9.59 Å². The van der Waals surface area contributed by atoms with Crippen molar-refractivity contribution in [3.8, 4) is 5.75 Å². The minimum atomic E-state index is -0.446. The maximum absolute atomic E-state index is 12.9. The van der Waals surface area contributed by atoms with E-state index in [0.29, 0.717) is 5.75 Å². The molecule has 2 aliphatic rings. The molecule has 0 aliphatic carbocycles. The van der Waals surface area contributed by atoms with Crippen molar-refractivity contribution < 1.29 is 14.3 Å². The van der Waals surface area contributed by atoms with Gasteiger partial charge in [0.15, 0.2) is 0 Å². The topological polar surface area (TPSA) is 53.1 Å². The molecular formula is C18H25N3O3S. The Kier molecular flexibility index (Phi) is 5.54. The third-order valence-corrected chi connectivity index (χ3v) is 6.12. The quantitative estimate of drug-likeness (QED) is 0.810. The molecular weight excluding hydrogens is 338 g/mol. The Morgan fingerprint density at radius 3 is 2.44 bits per heavy atom. The molecule has 3 rings (SSSR count). The molecule has 0 spiro atoms. The summed E-state index contributed by atoms with van der Waals surface area (Å²) >= 11 is 1.57. The van der Waals surface area contributed by atoms with Gasteiger partial charge in [-0.1, -0.05) is 12.1 Å². The van der Waals surface area contributed by atoms with Gasteiger partial charge in [-0.05, 0) is 31.7 Å². The number of thioether (sulfide) groups is 1. The van der Waals surface area contributed by atoms with E-state index >= 15 is 0 Å². The molecule has 7 heteroatoms. The number of piperazine rings is 1. The van der Waals surface area contributed by atoms with Crippen molar-refractivity contribution >= 4 is 23.6 Å². The molecule has 0 unspecified atom stereocenters. The molecule has 2 atom stereocenters. The molecule has 2 fully saturated rings. The molecule has 2 saturated heterocycles. The lowest BCUT2D eigenvalue weighted by atomic mass is 10.1. The zero-order valence-electron chi connectivity index (χ0n) is 15.0. The van der Waals surface area contributed by atoms with Gasteiger partial charge in [-0.3, -0.25) is 9.59 Å². The van der Waals surface area contributed by atoms with Crippen LogP contribution in [0, 0.1) is 0 Å². The summed E-state index contributed by atoms with van der Waals surface area (Å²) in [7, 11) is 3.69. The fourth-order valence-corrected chi connectivity index (χ4v) is 4.55. The molecule has 2 heterocycles. The van der Waals surface area contributed by atoms with E-state index in [1.54, 1.807) is 23.8 Å².